The number of methoxy groups -OCH3 is 1. The van der Waals surface area contributed by atoms with Crippen LogP contribution in [0.15, 0.2) is 11.3 Å². The molecule has 3 aliphatic rings. The van der Waals surface area contributed by atoms with Gasteiger partial charge in [0.2, 0.25) is 17.5 Å². The molecule has 254 valence electrons. The fraction of sp³-hybridized carbons (Fsp3) is 0.657. The van der Waals surface area contributed by atoms with Crippen molar-refractivity contribution in [2.45, 2.75) is 110 Å². The molecule has 2 aliphatic heterocycles. The Morgan fingerprint density at radius 2 is 1.96 bits per heavy atom. The number of nitrogens with zero attached hydrogens (tertiary/aromatic N) is 4. The number of likely N-dealkylation sites (tertiary alicyclic amines) is 1. The molecule has 2 aromatic rings. The summed E-state index contributed by atoms with van der Waals surface area (Å²) in [5, 5.41) is 10.4. The summed E-state index contributed by atoms with van der Waals surface area (Å²) in [5.41, 5.74) is 17.1. The van der Waals surface area contributed by atoms with Gasteiger partial charge in [-0.2, -0.15) is 10.2 Å². The van der Waals surface area contributed by atoms with E-state index in [9.17, 15) is 10.1 Å². The van der Waals surface area contributed by atoms with E-state index in [1.807, 2.05) is 34.6 Å². The van der Waals surface area contributed by atoms with Gasteiger partial charge >= 0.3 is 0 Å². The van der Waals surface area contributed by atoms with E-state index < -0.39 is 0 Å². The largest absolute Gasteiger partial charge is 0.476 e. The molecule has 4 N–H and O–H groups in total. The number of carbonyl (C=O) groups excluding carboxylic acids is 1. The van der Waals surface area contributed by atoms with Gasteiger partial charge in [-0.15, -0.1) is 11.3 Å². The van der Waals surface area contributed by atoms with Crippen molar-refractivity contribution in [3.05, 3.63) is 44.4 Å². The van der Waals surface area contributed by atoms with Crippen LogP contribution in [0, 0.1) is 11.3 Å². The van der Waals surface area contributed by atoms with Crippen molar-refractivity contribution in [3.8, 4) is 11.9 Å². The Morgan fingerprint density at radius 1 is 1.20 bits per heavy atom. The maximum absolute atomic E-state index is 14.3. The Labute approximate surface area is 279 Å². The lowest BCUT2D eigenvalue weighted by atomic mass is 9.80. The summed E-state index contributed by atoms with van der Waals surface area (Å²) in [7, 11) is 3.78. The van der Waals surface area contributed by atoms with Crippen LogP contribution in [-0.4, -0.2) is 67.2 Å². The molecule has 1 fully saturated rings. The summed E-state index contributed by atoms with van der Waals surface area (Å²) >= 11 is 1.46. The van der Waals surface area contributed by atoms with Gasteiger partial charge in [-0.25, -0.2) is 4.98 Å². The molecule has 0 saturated carbocycles. The molecule has 1 aliphatic carbocycles. The van der Waals surface area contributed by atoms with Crippen LogP contribution < -0.4 is 16.2 Å². The smallest absolute Gasteiger partial charge is 0.228 e. The summed E-state index contributed by atoms with van der Waals surface area (Å²) in [6.07, 6.45) is 6.65. The number of aryl methyl sites for hydroxylation is 1. The summed E-state index contributed by atoms with van der Waals surface area (Å²) in [6, 6.07) is 2.57. The van der Waals surface area contributed by atoms with Gasteiger partial charge in [0.25, 0.3) is 0 Å². The number of fused-ring (bicyclic) bond motifs is 2. The monoisotopic (exact) mass is 654 g/mol. The fourth-order valence-corrected chi connectivity index (χ4v) is 7.61. The van der Waals surface area contributed by atoms with Crippen molar-refractivity contribution in [3.63, 3.8) is 0 Å². The molecule has 3 atom stereocenters. The number of nitriles is 1. The number of rotatable bonds is 11. The van der Waals surface area contributed by atoms with Gasteiger partial charge in [0.1, 0.15) is 17.7 Å². The predicted octanol–water partition coefficient (Wildman–Crippen LogP) is 6.48. The third-order valence-corrected chi connectivity index (χ3v) is 9.91. The van der Waals surface area contributed by atoms with Crippen LogP contribution in [0.3, 0.4) is 0 Å². The molecule has 0 radical (unpaired) electrons. The highest BCUT2D eigenvalue weighted by atomic mass is 32.1. The molecule has 46 heavy (non-hydrogen) atoms. The van der Waals surface area contributed by atoms with Crippen molar-refractivity contribution in [1.29, 1.82) is 5.26 Å². The Bertz CT molecular complexity index is 1380. The molecule has 5 rings (SSSR count). The number of allylic oxidation sites excluding steroid dienone is 2. The SMILES string of the molecule is CC.CC.CCC/C(C(=O)c1nc(OCC2CCCN2C)c2c(n1)[C@@H](CCOC)COC2)=C(/N)[C@H]1CCCc2sc(N)c(C#N)c21. The number of aromatic nitrogens is 2. The Morgan fingerprint density at radius 3 is 2.61 bits per heavy atom. The molecule has 1 saturated heterocycles. The maximum Gasteiger partial charge on any atom is 0.228 e. The molecule has 0 amide bonds. The Hall–Kier alpha value is -3.04. The highest BCUT2D eigenvalue weighted by molar-refractivity contribution is 7.16. The van der Waals surface area contributed by atoms with Gasteiger partial charge in [-0.05, 0) is 64.1 Å². The zero-order valence-electron chi connectivity index (χ0n) is 28.9. The Kier molecular flexibility index (Phi) is 14.9. The average Bonchev–Trinajstić information content (AvgIpc) is 3.66. The lowest BCUT2D eigenvalue weighted by molar-refractivity contribution is 0.0720. The average molecular weight is 655 g/mol. The minimum absolute atomic E-state index is 0.0384. The van der Waals surface area contributed by atoms with Crippen molar-refractivity contribution in [2.24, 2.45) is 5.73 Å². The molecule has 1 unspecified atom stereocenters. The standard InChI is InChI=1S/C31H42N6O4S.2C2H6/c1-4-7-21(26(33)20-9-5-10-24-25(20)22(14-32)29(34)42-24)28(38)30-35-27-18(11-13-39-3)15-40-17-23(27)31(36-30)41-16-19-8-6-12-37(19)2;2*1-2/h18-20H,4-13,15-17,33-34H2,1-3H3;2*1-2H3/b26-21-;;/t18-,19?,20-;;/m0../s1. The summed E-state index contributed by atoms with van der Waals surface area (Å²) in [6.45, 7) is 12.9. The molecule has 0 spiro atoms. The van der Waals surface area contributed by atoms with E-state index in [0.29, 0.717) is 73.0 Å². The van der Waals surface area contributed by atoms with Gasteiger partial charge < -0.3 is 30.6 Å². The molecule has 11 heteroatoms. The lowest BCUT2D eigenvalue weighted by Crippen LogP contribution is -2.31. The maximum atomic E-state index is 14.3. The van der Waals surface area contributed by atoms with Gasteiger partial charge in [-0.3, -0.25) is 4.79 Å². The Balaban J connectivity index is 0.00000139. The first-order chi connectivity index (χ1) is 22.4. The lowest BCUT2D eigenvalue weighted by Gasteiger charge is -2.28. The number of ether oxygens (including phenoxy) is 3. The van der Waals surface area contributed by atoms with Gasteiger partial charge in [0.15, 0.2) is 0 Å². The third kappa shape index (κ3) is 8.26. The first kappa shape index (κ1) is 37.4. The third-order valence-electron chi connectivity index (χ3n) is 8.81. The molecule has 0 aromatic carbocycles. The number of anilines is 1. The van der Waals surface area contributed by atoms with E-state index in [1.165, 1.54) is 11.3 Å². The highest BCUT2D eigenvalue weighted by Crippen LogP contribution is 2.45. The summed E-state index contributed by atoms with van der Waals surface area (Å²) < 4.78 is 17.6. The number of hydrogen-bond donors (Lipinski definition) is 2. The number of Topliss-reactive ketones (excluding diaryl/α,β-unsaturated/α-hetero) is 1. The van der Waals surface area contributed by atoms with Crippen LogP contribution in [0.5, 0.6) is 5.88 Å². The predicted molar refractivity (Wildman–Crippen MR) is 184 cm³/mol. The van der Waals surface area contributed by atoms with E-state index in [4.69, 9.17) is 35.6 Å². The quantitative estimate of drug-likeness (QED) is 0.203. The molecule has 0 bridgehead atoms. The van der Waals surface area contributed by atoms with Crippen molar-refractivity contribution >= 4 is 22.1 Å². The highest BCUT2D eigenvalue weighted by Gasteiger charge is 2.34. The topological polar surface area (TPSA) is 150 Å². The van der Waals surface area contributed by atoms with Crippen molar-refractivity contribution < 1.29 is 19.0 Å². The van der Waals surface area contributed by atoms with E-state index in [0.717, 1.165) is 66.8 Å². The van der Waals surface area contributed by atoms with Gasteiger partial charge in [0, 0.05) is 47.7 Å². The van der Waals surface area contributed by atoms with Gasteiger partial charge in [-0.1, -0.05) is 41.0 Å². The minimum Gasteiger partial charge on any atom is -0.476 e. The first-order valence-electron chi connectivity index (χ1n) is 17.0. The number of ketones is 1. The number of nitrogen functional groups attached to an aromatic ring is 1. The molecule has 2 aromatic heterocycles. The van der Waals surface area contributed by atoms with Crippen molar-refractivity contribution in [1.82, 2.24) is 14.9 Å². The second-order valence-corrected chi connectivity index (χ2v) is 12.7. The number of nitrogens with two attached hydrogens (primary N) is 2. The molecular weight excluding hydrogens is 600 g/mol. The minimum atomic E-state index is -0.286. The number of carbonyl (C=O) groups is 1. The van der Waals surface area contributed by atoms with Crippen LogP contribution in [0.25, 0.3) is 0 Å². The number of thiophene rings is 1. The van der Waals surface area contributed by atoms with E-state index in [1.54, 1.807) is 7.11 Å². The summed E-state index contributed by atoms with van der Waals surface area (Å²) in [4.78, 5) is 27.3. The van der Waals surface area contributed by atoms with Crippen LogP contribution in [0.1, 0.15) is 129 Å². The fourth-order valence-electron chi connectivity index (χ4n) is 6.49. The number of likely N-dealkylation sites (N-methyl/N-ethyl adjacent to an activating group) is 1. The zero-order valence-corrected chi connectivity index (χ0v) is 29.7. The summed E-state index contributed by atoms with van der Waals surface area (Å²) in [5.74, 6) is -0.0518. The second-order valence-electron chi connectivity index (χ2n) is 11.5. The van der Waals surface area contributed by atoms with Crippen LogP contribution in [-0.2, 0) is 22.5 Å². The van der Waals surface area contributed by atoms with E-state index >= 15 is 0 Å². The van der Waals surface area contributed by atoms with Gasteiger partial charge in [0.05, 0.1) is 30.0 Å². The van der Waals surface area contributed by atoms with E-state index in [2.05, 4.69) is 18.0 Å². The molecular formula is C35H54N6O4S. The van der Waals surface area contributed by atoms with Crippen molar-refractivity contribution in [2.75, 3.05) is 46.3 Å². The van der Waals surface area contributed by atoms with Crippen LogP contribution in [0.4, 0.5) is 5.00 Å². The van der Waals surface area contributed by atoms with Crippen LogP contribution in [0.2, 0.25) is 0 Å². The molecule has 10 nitrogen and oxygen atoms in total. The molecule has 4 heterocycles. The number of hydrogen-bond acceptors (Lipinski definition) is 11. The van der Waals surface area contributed by atoms with Crippen LogP contribution >= 0.6 is 11.3 Å². The normalized spacial score (nSPS) is 21.0. The van der Waals surface area contributed by atoms with E-state index in [-0.39, 0.29) is 23.4 Å². The second kappa shape index (κ2) is 18.3. The first-order valence-corrected chi connectivity index (χ1v) is 17.8. The zero-order chi connectivity index (χ0) is 33.8.